The van der Waals surface area contributed by atoms with E-state index in [0.29, 0.717) is 17.5 Å². The van der Waals surface area contributed by atoms with Crippen LogP contribution in [0.15, 0.2) is 12.1 Å². The third-order valence-corrected chi connectivity index (χ3v) is 3.19. The Bertz CT molecular complexity index is 504. The molecule has 5 nitrogen and oxygen atoms in total. The van der Waals surface area contributed by atoms with Gasteiger partial charge in [0.1, 0.15) is 0 Å². The summed E-state index contributed by atoms with van der Waals surface area (Å²) in [6, 6.07) is 3.52. The maximum absolute atomic E-state index is 11.0. The van der Waals surface area contributed by atoms with Gasteiger partial charge in [0.2, 0.25) is 5.88 Å². The highest BCUT2D eigenvalue weighted by atomic mass is 35.5. The summed E-state index contributed by atoms with van der Waals surface area (Å²) < 4.78 is 31.7. The molecule has 0 spiro atoms. The van der Waals surface area contributed by atoms with Crippen molar-refractivity contribution in [3.8, 4) is 5.88 Å². The summed E-state index contributed by atoms with van der Waals surface area (Å²) in [6.07, 6.45) is 1.02. The standard InChI is InChI=1S/C11H16ClNO4S/c1-8(7-17-18(3,14)15)11-9(6-12)4-5-10(13-11)16-2/h4-5,8H,6-7H2,1-3H3. The highest BCUT2D eigenvalue weighted by Crippen LogP contribution is 2.23. The van der Waals surface area contributed by atoms with Gasteiger partial charge >= 0.3 is 0 Å². The van der Waals surface area contributed by atoms with Crippen molar-refractivity contribution in [3.63, 3.8) is 0 Å². The molecule has 1 atom stereocenters. The van der Waals surface area contributed by atoms with Crippen LogP contribution in [-0.2, 0) is 20.2 Å². The summed E-state index contributed by atoms with van der Waals surface area (Å²) in [5.41, 5.74) is 1.52. The summed E-state index contributed by atoms with van der Waals surface area (Å²) in [5.74, 6) is 0.573. The molecular weight excluding hydrogens is 278 g/mol. The minimum absolute atomic E-state index is 0.0306. The molecule has 0 amide bonds. The molecule has 1 heterocycles. The number of ether oxygens (including phenoxy) is 1. The Kier molecular flexibility index (Phi) is 5.37. The Labute approximate surface area is 112 Å². The maximum atomic E-state index is 11.0. The smallest absolute Gasteiger partial charge is 0.264 e. The van der Waals surface area contributed by atoms with Gasteiger partial charge in [-0.2, -0.15) is 8.42 Å². The second kappa shape index (κ2) is 6.36. The normalized spacial score (nSPS) is 13.3. The van der Waals surface area contributed by atoms with Crippen LogP contribution in [0.1, 0.15) is 24.1 Å². The van der Waals surface area contributed by atoms with Crippen LogP contribution in [0.25, 0.3) is 0 Å². The Morgan fingerprint density at radius 1 is 1.44 bits per heavy atom. The monoisotopic (exact) mass is 293 g/mol. The van der Waals surface area contributed by atoms with Gasteiger partial charge < -0.3 is 4.74 Å². The minimum Gasteiger partial charge on any atom is -0.481 e. The summed E-state index contributed by atoms with van der Waals surface area (Å²) in [5, 5.41) is 0. The van der Waals surface area contributed by atoms with Crippen molar-refractivity contribution in [2.75, 3.05) is 20.0 Å². The van der Waals surface area contributed by atoms with E-state index in [1.807, 2.05) is 13.0 Å². The fourth-order valence-corrected chi connectivity index (χ4v) is 2.12. The lowest BCUT2D eigenvalue weighted by atomic mass is 10.0. The first-order chi connectivity index (χ1) is 8.37. The second-order valence-corrected chi connectivity index (χ2v) is 5.83. The van der Waals surface area contributed by atoms with Crippen LogP contribution in [0.5, 0.6) is 5.88 Å². The Hall–Kier alpha value is -0.850. The van der Waals surface area contributed by atoms with Crippen LogP contribution in [0.3, 0.4) is 0 Å². The lowest BCUT2D eigenvalue weighted by Gasteiger charge is -2.14. The molecule has 7 heteroatoms. The molecule has 0 bridgehead atoms. The number of nitrogens with zero attached hydrogens (tertiary/aromatic N) is 1. The molecule has 0 fully saturated rings. The van der Waals surface area contributed by atoms with Crippen LogP contribution in [0.2, 0.25) is 0 Å². The molecule has 1 aromatic heterocycles. The molecule has 0 saturated heterocycles. The molecular formula is C11H16ClNO4S. The SMILES string of the molecule is COc1ccc(CCl)c(C(C)COS(C)(=O)=O)n1. The number of halogens is 1. The average Bonchev–Trinajstić information content (AvgIpc) is 2.34. The van der Waals surface area contributed by atoms with Gasteiger partial charge in [-0.1, -0.05) is 13.0 Å². The molecule has 102 valence electrons. The van der Waals surface area contributed by atoms with Crippen molar-refractivity contribution in [1.29, 1.82) is 0 Å². The zero-order valence-electron chi connectivity index (χ0n) is 10.5. The Morgan fingerprint density at radius 2 is 2.11 bits per heavy atom. The number of aromatic nitrogens is 1. The first-order valence-electron chi connectivity index (χ1n) is 5.31. The summed E-state index contributed by atoms with van der Waals surface area (Å²) in [4.78, 5) is 4.28. The predicted octanol–water partition coefficient (Wildman–Crippen LogP) is 1.91. The van der Waals surface area contributed by atoms with E-state index in [-0.39, 0.29) is 12.5 Å². The van der Waals surface area contributed by atoms with Crippen molar-refractivity contribution in [1.82, 2.24) is 4.98 Å². The number of methoxy groups -OCH3 is 1. The molecule has 1 aromatic rings. The number of hydrogen-bond acceptors (Lipinski definition) is 5. The molecule has 1 unspecified atom stereocenters. The van der Waals surface area contributed by atoms with Gasteiger partial charge in [0, 0.05) is 17.9 Å². The molecule has 0 aliphatic carbocycles. The minimum atomic E-state index is -3.45. The van der Waals surface area contributed by atoms with E-state index in [1.54, 1.807) is 6.07 Å². The molecule has 18 heavy (non-hydrogen) atoms. The summed E-state index contributed by atoms with van der Waals surface area (Å²) >= 11 is 5.82. The highest BCUT2D eigenvalue weighted by molar-refractivity contribution is 7.85. The van der Waals surface area contributed by atoms with E-state index in [9.17, 15) is 8.42 Å². The molecule has 0 aliphatic heterocycles. The number of hydrogen-bond donors (Lipinski definition) is 0. The lowest BCUT2D eigenvalue weighted by Crippen LogP contribution is -2.12. The highest BCUT2D eigenvalue weighted by Gasteiger charge is 2.16. The number of pyridine rings is 1. The summed E-state index contributed by atoms with van der Waals surface area (Å²) in [7, 11) is -1.94. The van der Waals surface area contributed by atoms with E-state index in [1.165, 1.54) is 7.11 Å². The van der Waals surface area contributed by atoms with Gasteiger partial charge in [0.25, 0.3) is 10.1 Å². The van der Waals surface area contributed by atoms with Gasteiger partial charge in [-0.25, -0.2) is 4.98 Å². The molecule has 0 aromatic carbocycles. The third-order valence-electron chi connectivity index (χ3n) is 2.34. The zero-order chi connectivity index (χ0) is 13.8. The van der Waals surface area contributed by atoms with Crippen molar-refractivity contribution >= 4 is 21.7 Å². The van der Waals surface area contributed by atoms with E-state index in [0.717, 1.165) is 11.8 Å². The van der Waals surface area contributed by atoms with Crippen LogP contribution in [-0.4, -0.2) is 33.4 Å². The van der Waals surface area contributed by atoms with Crippen LogP contribution >= 0.6 is 11.6 Å². The van der Waals surface area contributed by atoms with E-state index in [2.05, 4.69) is 4.98 Å². The van der Waals surface area contributed by atoms with E-state index >= 15 is 0 Å². The van der Waals surface area contributed by atoms with Gasteiger partial charge in [-0.15, -0.1) is 11.6 Å². The van der Waals surface area contributed by atoms with Gasteiger partial charge in [-0.05, 0) is 5.56 Å². The molecule has 0 aliphatic rings. The maximum Gasteiger partial charge on any atom is 0.264 e. The third kappa shape index (κ3) is 4.44. The van der Waals surface area contributed by atoms with Crippen molar-refractivity contribution in [2.24, 2.45) is 0 Å². The van der Waals surface area contributed by atoms with Gasteiger partial charge in [0.15, 0.2) is 0 Å². The summed E-state index contributed by atoms with van der Waals surface area (Å²) in [6.45, 7) is 1.85. The molecule has 0 saturated carbocycles. The molecule has 0 N–H and O–H groups in total. The molecule has 0 radical (unpaired) electrons. The van der Waals surface area contributed by atoms with Crippen molar-refractivity contribution in [3.05, 3.63) is 23.4 Å². The first-order valence-corrected chi connectivity index (χ1v) is 7.66. The largest absolute Gasteiger partial charge is 0.481 e. The topological polar surface area (TPSA) is 65.5 Å². The quantitative estimate of drug-likeness (QED) is 0.592. The zero-order valence-corrected chi connectivity index (χ0v) is 12.1. The van der Waals surface area contributed by atoms with Crippen LogP contribution < -0.4 is 4.74 Å². The van der Waals surface area contributed by atoms with Gasteiger partial charge in [-0.3, -0.25) is 4.18 Å². The average molecular weight is 294 g/mol. The van der Waals surface area contributed by atoms with Crippen molar-refractivity contribution in [2.45, 2.75) is 18.7 Å². The fraction of sp³-hybridized carbons (Fsp3) is 0.545. The number of alkyl halides is 1. The first kappa shape index (κ1) is 15.2. The van der Waals surface area contributed by atoms with Crippen LogP contribution in [0.4, 0.5) is 0 Å². The van der Waals surface area contributed by atoms with E-state index < -0.39 is 10.1 Å². The van der Waals surface area contributed by atoms with Gasteiger partial charge in [0.05, 0.1) is 25.7 Å². The van der Waals surface area contributed by atoms with Crippen LogP contribution in [0, 0.1) is 0 Å². The second-order valence-electron chi connectivity index (χ2n) is 3.92. The lowest BCUT2D eigenvalue weighted by molar-refractivity contribution is 0.298. The van der Waals surface area contributed by atoms with E-state index in [4.69, 9.17) is 20.5 Å². The predicted molar refractivity (Wildman–Crippen MR) is 69.6 cm³/mol. The molecule has 1 rings (SSSR count). The number of rotatable bonds is 6. The Balaban J connectivity index is 2.92. The Morgan fingerprint density at radius 3 is 2.61 bits per heavy atom. The fourth-order valence-electron chi connectivity index (χ4n) is 1.44. The van der Waals surface area contributed by atoms with Crippen molar-refractivity contribution < 1.29 is 17.3 Å².